The van der Waals surface area contributed by atoms with Gasteiger partial charge in [0.25, 0.3) is 0 Å². The molecule has 0 aliphatic carbocycles. The predicted octanol–water partition coefficient (Wildman–Crippen LogP) is 15.9. The predicted molar refractivity (Wildman–Crippen MR) is 238 cm³/mol. The Morgan fingerprint density at radius 3 is 0.875 bits per heavy atom. The van der Waals surface area contributed by atoms with Gasteiger partial charge in [-0.25, -0.2) is 0 Å². The van der Waals surface area contributed by atoms with E-state index in [2.05, 4.69) is 27.7 Å². The summed E-state index contributed by atoms with van der Waals surface area (Å²) in [5, 5.41) is 0. The summed E-state index contributed by atoms with van der Waals surface area (Å²) < 4.78 is 16.7. The zero-order valence-electron chi connectivity index (χ0n) is 38.1. The summed E-state index contributed by atoms with van der Waals surface area (Å²) >= 11 is 0. The van der Waals surface area contributed by atoms with Crippen molar-refractivity contribution >= 4 is 17.9 Å². The topological polar surface area (TPSA) is 78.9 Å². The number of esters is 3. The third-order valence-corrected chi connectivity index (χ3v) is 11.3. The minimum atomic E-state index is -0.758. The van der Waals surface area contributed by atoms with Crippen LogP contribution in [-0.4, -0.2) is 37.2 Å². The molecule has 0 fully saturated rings. The van der Waals surface area contributed by atoms with Gasteiger partial charge in [-0.3, -0.25) is 14.4 Å². The maximum Gasteiger partial charge on any atom is 0.306 e. The van der Waals surface area contributed by atoms with E-state index < -0.39 is 6.10 Å². The average Bonchev–Trinajstić information content (AvgIpc) is 3.18. The lowest BCUT2D eigenvalue weighted by molar-refractivity contribution is -0.167. The summed E-state index contributed by atoms with van der Waals surface area (Å²) in [6.07, 6.45) is 45.4. The number of carbonyl (C=O) groups excluding carboxylic acids is 3. The van der Waals surface area contributed by atoms with Crippen LogP contribution in [0.1, 0.15) is 278 Å². The molecule has 0 aliphatic heterocycles. The van der Waals surface area contributed by atoms with Crippen LogP contribution in [0.25, 0.3) is 0 Å². The Balaban J connectivity index is 4.09. The van der Waals surface area contributed by atoms with Gasteiger partial charge in [-0.1, -0.05) is 240 Å². The fraction of sp³-hybridized carbons (Fsp3) is 0.940. The third-order valence-electron chi connectivity index (χ3n) is 11.3. The summed E-state index contributed by atoms with van der Waals surface area (Å²) in [7, 11) is 0. The van der Waals surface area contributed by atoms with E-state index in [9.17, 15) is 14.4 Å². The molecule has 0 aliphatic rings. The van der Waals surface area contributed by atoms with Crippen molar-refractivity contribution in [2.75, 3.05) is 13.2 Å². The first-order valence-corrected chi connectivity index (χ1v) is 24.9. The number of hydrogen-bond acceptors (Lipinski definition) is 6. The number of hydrogen-bond donors (Lipinski definition) is 0. The first-order valence-electron chi connectivity index (χ1n) is 24.9. The Labute approximate surface area is 348 Å². The SMILES string of the molecule is CCCCCCCCCCCCC(=O)O[C@H](COC(=O)CCCCCCCCC)COC(=O)CCCCCCCCCCCCCCCCCCCCC(C)C. The van der Waals surface area contributed by atoms with Gasteiger partial charge in [0.05, 0.1) is 0 Å². The molecule has 0 bridgehead atoms. The fourth-order valence-electron chi connectivity index (χ4n) is 7.51. The zero-order chi connectivity index (χ0) is 41.0. The summed E-state index contributed by atoms with van der Waals surface area (Å²) in [5.74, 6) is 0.00244. The molecule has 0 saturated carbocycles. The molecule has 6 nitrogen and oxygen atoms in total. The lowest BCUT2D eigenvalue weighted by Gasteiger charge is -2.18. The van der Waals surface area contributed by atoms with Crippen LogP contribution in [0.15, 0.2) is 0 Å². The average molecular weight is 793 g/mol. The largest absolute Gasteiger partial charge is 0.462 e. The van der Waals surface area contributed by atoms with Crippen LogP contribution in [0, 0.1) is 5.92 Å². The molecular weight excluding hydrogens is 697 g/mol. The normalized spacial score (nSPS) is 11.9. The highest BCUT2D eigenvalue weighted by Crippen LogP contribution is 2.17. The Kier molecular flexibility index (Phi) is 43.2. The molecule has 0 unspecified atom stereocenters. The van der Waals surface area contributed by atoms with Gasteiger partial charge < -0.3 is 14.2 Å². The molecule has 0 amide bonds. The van der Waals surface area contributed by atoms with Crippen molar-refractivity contribution in [3.05, 3.63) is 0 Å². The van der Waals surface area contributed by atoms with Crippen molar-refractivity contribution in [2.45, 2.75) is 284 Å². The van der Waals surface area contributed by atoms with Crippen LogP contribution in [0.5, 0.6) is 0 Å². The summed E-state index contributed by atoms with van der Waals surface area (Å²) in [4.78, 5) is 37.6. The van der Waals surface area contributed by atoms with Gasteiger partial charge in [0, 0.05) is 19.3 Å². The van der Waals surface area contributed by atoms with Crippen LogP contribution in [0.2, 0.25) is 0 Å². The molecule has 0 aromatic rings. The van der Waals surface area contributed by atoms with E-state index in [1.807, 2.05) is 0 Å². The maximum absolute atomic E-state index is 12.7. The molecule has 0 radical (unpaired) electrons. The van der Waals surface area contributed by atoms with E-state index in [4.69, 9.17) is 14.2 Å². The first kappa shape index (κ1) is 54.4. The Hall–Kier alpha value is -1.59. The number of rotatable bonds is 45. The van der Waals surface area contributed by atoms with E-state index in [-0.39, 0.29) is 31.1 Å². The Morgan fingerprint density at radius 2 is 0.589 bits per heavy atom. The second kappa shape index (κ2) is 44.5. The Morgan fingerprint density at radius 1 is 0.339 bits per heavy atom. The molecule has 0 aromatic heterocycles. The molecule has 6 heteroatoms. The van der Waals surface area contributed by atoms with Crippen molar-refractivity contribution in [3.63, 3.8) is 0 Å². The van der Waals surface area contributed by atoms with Gasteiger partial charge in [-0.15, -0.1) is 0 Å². The third kappa shape index (κ3) is 43.5. The number of unbranched alkanes of at least 4 members (excludes halogenated alkanes) is 32. The van der Waals surface area contributed by atoms with Gasteiger partial charge in [0.15, 0.2) is 6.10 Å². The smallest absolute Gasteiger partial charge is 0.306 e. The van der Waals surface area contributed by atoms with Crippen LogP contribution in [0.3, 0.4) is 0 Å². The lowest BCUT2D eigenvalue weighted by Crippen LogP contribution is -2.30. The maximum atomic E-state index is 12.7. The van der Waals surface area contributed by atoms with E-state index >= 15 is 0 Å². The molecule has 0 rings (SSSR count). The van der Waals surface area contributed by atoms with Crippen molar-refractivity contribution in [1.29, 1.82) is 0 Å². The van der Waals surface area contributed by atoms with Crippen molar-refractivity contribution < 1.29 is 28.6 Å². The molecule has 0 spiro atoms. The molecular formula is C50H96O6. The standard InChI is InChI=1S/C50H96O6/c1-5-7-9-11-13-14-26-31-35-39-43-50(53)56-47(44-54-48(51)41-37-33-28-12-10-8-6-2)45-55-49(52)42-38-34-30-27-24-22-20-18-16-15-17-19-21-23-25-29-32-36-40-46(3)4/h46-47H,5-45H2,1-4H3/t47-/m1/s1. The van der Waals surface area contributed by atoms with Gasteiger partial charge in [0.2, 0.25) is 0 Å². The summed E-state index contributed by atoms with van der Waals surface area (Å²) in [5.41, 5.74) is 0. The van der Waals surface area contributed by atoms with Crippen molar-refractivity contribution in [2.24, 2.45) is 5.92 Å². The highest BCUT2D eigenvalue weighted by Gasteiger charge is 2.19. The molecule has 0 heterocycles. The van der Waals surface area contributed by atoms with Crippen molar-refractivity contribution in [3.8, 4) is 0 Å². The highest BCUT2D eigenvalue weighted by atomic mass is 16.6. The number of ether oxygens (including phenoxy) is 3. The van der Waals surface area contributed by atoms with Crippen LogP contribution in [-0.2, 0) is 28.6 Å². The van der Waals surface area contributed by atoms with Crippen LogP contribution >= 0.6 is 0 Å². The van der Waals surface area contributed by atoms with Gasteiger partial charge in [0.1, 0.15) is 13.2 Å². The van der Waals surface area contributed by atoms with Crippen LogP contribution in [0.4, 0.5) is 0 Å². The Bertz CT molecular complexity index is 841. The molecule has 1 atom stereocenters. The van der Waals surface area contributed by atoms with E-state index in [1.165, 1.54) is 173 Å². The van der Waals surface area contributed by atoms with Gasteiger partial charge >= 0.3 is 17.9 Å². The summed E-state index contributed by atoms with van der Waals surface area (Å²) in [6.45, 7) is 8.98. The summed E-state index contributed by atoms with van der Waals surface area (Å²) in [6, 6.07) is 0. The molecule has 0 N–H and O–H groups in total. The molecule has 0 aromatic carbocycles. The lowest BCUT2D eigenvalue weighted by atomic mass is 10.0. The zero-order valence-corrected chi connectivity index (χ0v) is 38.1. The van der Waals surface area contributed by atoms with E-state index in [1.54, 1.807) is 0 Å². The monoisotopic (exact) mass is 793 g/mol. The van der Waals surface area contributed by atoms with E-state index in [0.29, 0.717) is 19.3 Å². The quantitative estimate of drug-likeness (QED) is 0.0347. The minimum absolute atomic E-state index is 0.0635. The number of carbonyl (C=O) groups is 3. The highest BCUT2D eigenvalue weighted by molar-refractivity contribution is 5.71. The molecule has 0 saturated heterocycles. The van der Waals surface area contributed by atoms with Gasteiger partial charge in [-0.2, -0.15) is 0 Å². The van der Waals surface area contributed by atoms with E-state index in [0.717, 1.165) is 63.7 Å². The first-order chi connectivity index (χ1) is 27.4. The second-order valence-corrected chi connectivity index (χ2v) is 17.6. The van der Waals surface area contributed by atoms with Crippen molar-refractivity contribution in [1.82, 2.24) is 0 Å². The minimum Gasteiger partial charge on any atom is -0.462 e. The fourth-order valence-corrected chi connectivity index (χ4v) is 7.51. The van der Waals surface area contributed by atoms with Crippen LogP contribution < -0.4 is 0 Å². The second-order valence-electron chi connectivity index (χ2n) is 17.6. The molecule has 56 heavy (non-hydrogen) atoms. The molecule has 332 valence electrons. The van der Waals surface area contributed by atoms with Gasteiger partial charge in [-0.05, 0) is 25.2 Å².